The van der Waals surface area contributed by atoms with Crippen LogP contribution in [0.5, 0.6) is 0 Å². The summed E-state index contributed by atoms with van der Waals surface area (Å²) in [5.74, 6) is 0.304. The Kier molecular flexibility index (Phi) is 5.42. The number of nitrogens with one attached hydrogen (secondary N) is 1. The third-order valence-electron chi connectivity index (χ3n) is 4.27. The number of carboxylic acids is 1. The highest BCUT2D eigenvalue weighted by atomic mass is 16.4. The average molecular weight is 284 g/mol. The molecular formula is C15H28N2O3. The topological polar surface area (TPSA) is 69.6 Å². The van der Waals surface area contributed by atoms with Crippen molar-refractivity contribution >= 4 is 12.0 Å². The highest BCUT2D eigenvalue weighted by Crippen LogP contribution is 2.29. The number of carboxylic acid groups (broad SMARTS) is 1. The first-order valence-electron chi connectivity index (χ1n) is 7.41. The van der Waals surface area contributed by atoms with Gasteiger partial charge in [-0.2, -0.15) is 0 Å². The molecule has 1 aliphatic carbocycles. The minimum Gasteiger partial charge on any atom is -0.480 e. The van der Waals surface area contributed by atoms with Crippen molar-refractivity contribution in [1.82, 2.24) is 10.2 Å². The molecule has 0 aliphatic heterocycles. The van der Waals surface area contributed by atoms with Crippen molar-refractivity contribution in [2.45, 2.75) is 65.5 Å². The van der Waals surface area contributed by atoms with E-state index >= 15 is 0 Å². The largest absolute Gasteiger partial charge is 0.480 e. The Bertz CT molecular complexity index is 363. The number of hydrogen-bond acceptors (Lipinski definition) is 2. The van der Waals surface area contributed by atoms with Gasteiger partial charge in [0.15, 0.2) is 0 Å². The fraction of sp³-hybridized carbons (Fsp3) is 0.867. The number of nitrogens with zero attached hydrogens (tertiary/aromatic N) is 1. The van der Waals surface area contributed by atoms with Crippen LogP contribution in [-0.4, -0.2) is 40.1 Å². The molecule has 2 N–H and O–H groups in total. The van der Waals surface area contributed by atoms with E-state index < -0.39 is 11.5 Å². The van der Waals surface area contributed by atoms with E-state index in [2.05, 4.69) is 19.2 Å². The van der Waals surface area contributed by atoms with Gasteiger partial charge in [-0.05, 0) is 51.9 Å². The normalized spacial score (nSPS) is 26.9. The van der Waals surface area contributed by atoms with E-state index in [1.54, 1.807) is 0 Å². The van der Waals surface area contributed by atoms with Crippen LogP contribution in [0.4, 0.5) is 4.79 Å². The second-order valence-corrected chi connectivity index (χ2v) is 7.06. The van der Waals surface area contributed by atoms with Gasteiger partial charge in [0, 0.05) is 11.6 Å². The van der Waals surface area contributed by atoms with Crippen molar-refractivity contribution in [1.29, 1.82) is 0 Å². The number of carbonyl (C=O) groups is 2. The van der Waals surface area contributed by atoms with E-state index in [4.69, 9.17) is 5.11 Å². The first kappa shape index (κ1) is 16.8. The first-order chi connectivity index (χ1) is 9.11. The quantitative estimate of drug-likeness (QED) is 0.837. The van der Waals surface area contributed by atoms with Crippen molar-refractivity contribution in [3.63, 3.8) is 0 Å². The smallest absolute Gasteiger partial charge is 0.323 e. The summed E-state index contributed by atoms with van der Waals surface area (Å²) in [4.78, 5) is 24.6. The van der Waals surface area contributed by atoms with Gasteiger partial charge in [-0.1, -0.05) is 13.8 Å². The van der Waals surface area contributed by atoms with Crippen LogP contribution in [0.2, 0.25) is 0 Å². The molecule has 0 aromatic rings. The Morgan fingerprint density at radius 2 is 1.80 bits per heavy atom. The molecule has 5 heteroatoms. The SMILES string of the molecule is CC1CCC(NC(=O)N(CC(=O)O)C(C)(C)C)CC1C. The highest BCUT2D eigenvalue weighted by Gasteiger charge is 2.31. The van der Waals surface area contributed by atoms with Gasteiger partial charge < -0.3 is 15.3 Å². The summed E-state index contributed by atoms with van der Waals surface area (Å²) in [6.45, 7) is 9.73. The standard InChI is InChI=1S/C15H28N2O3/c1-10-6-7-12(8-11(10)2)16-14(20)17(9-13(18)19)15(3,4)5/h10-12H,6-9H2,1-5H3,(H,16,20)(H,18,19). The first-order valence-corrected chi connectivity index (χ1v) is 7.41. The van der Waals surface area contributed by atoms with E-state index in [0.717, 1.165) is 19.3 Å². The lowest BCUT2D eigenvalue weighted by Crippen LogP contribution is -2.55. The third kappa shape index (κ3) is 4.69. The Morgan fingerprint density at radius 1 is 1.20 bits per heavy atom. The fourth-order valence-corrected chi connectivity index (χ4v) is 2.68. The molecule has 5 nitrogen and oxygen atoms in total. The number of amides is 2. The molecule has 0 radical (unpaired) electrons. The molecule has 3 unspecified atom stereocenters. The molecule has 0 aromatic heterocycles. The lowest BCUT2D eigenvalue weighted by molar-refractivity contribution is -0.138. The number of urea groups is 1. The maximum absolute atomic E-state index is 12.3. The molecule has 1 aliphatic rings. The zero-order valence-electron chi connectivity index (χ0n) is 13.3. The molecule has 0 bridgehead atoms. The molecule has 1 saturated carbocycles. The zero-order chi connectivity index (χ0) is 15.5. The van der Waals surface area contributed by atoms with Crippen molar-refractivity contribution in [3.8, 4) is 0 Å². The van der Waals surface area contributed by atoms with E-state index in [1.165, 1.54) is 4.90 Å². The van der Waals surface area contributed by atoms with E-state index in [0.29, 0.717) is 11.8 Å². The van der Waals surface area contributed by atoms with Gasteiger partial charge in [0.1, 0.15) is 6.54 Å². The van der Waals surface area contributed by atoms with Crippen molar-refractivity contribution in [2.24, 2.45) is 11.8 Å². The van der Waals surface area contributed by atoms with Gasteiger partial charge in [0.2, 0.25) is 0 Å². The van der Waals surface area contributed by atoms with Gasteiger partial charge in [-0.15, -0.1) is 0 Å². The molecule has 20 heavy (non-hydrogen) atoms. The molecule has 0 heterocycles. The van der Waals surface area contributed by atoms with Crippen LogP contribution in [0.1, 0.15) is 53.9 Å². The molecule has 2 amide bonds. The average Bonchev–Trinajstić information content (AvgIpc) is 2.29. The second-order valence-electron chi connectivity index (χ2n) is 7.06. The second kappa shape index (κ2) is 6.46. The molecule has 0 saturated heterocycles. The van der Waals surface area contributed by atoms with Crippen molar-refractivity contribution in [3.05, 3.63) is 0 Å². The van der Waals surface area contributed by atoms with Gasteiger partial charge in [0.05, 0.1) is 0 Å². The fourth-order valence-electron chi connectivity index (χ4n) is 2.68. The summed E-state index contributed by atoms with van der Waals surface area (Å²) in [5.41, 5.74) is -0.504. The van der Waals surface area contributed by atoms with Crippen LogP contribution in [0, 0.1) is 11.8 Å². The maximum atomic E-state index is 12.3. The van der Waals surface area contributed by atoms with E-state index in [-0.39, 0.29) is 18.6 Å². The number of aliphatic carboxylic acids is 1. The van der Waals surface area contributed by atoms with Crippen LogP contribution in [0.25, 0.3) is 0 Å². The van der Waals surface area contributed by atoms with Crippen LogP contribution in [-0.2, 0) is 4.79 Å². The predicted octanol–water partition coefficient (Wildman–Crippen LogP) is 2.71. The molecule has 116 valence electrons. The summed E-state index contributed by atoms with van der Waals surface area (Å²) in [7, 11) is 0. The number of carbonyl (C=O) groups excluding carboxylic acids is 1. The Morgan fingerprint density at radius 3 is 2.25 bits per heavy atom. The number of hydrogen-bond donors (Lipinski definition) is 2. The summed E-state index contributed by atoms with van der Waals surface area (Å²) in [6, 6.07) is -0.112. The summed E-state index contributed by atoms with van der Waals surface area (Å²) < 4.78 is 0. The van der Waals surface area contributed by atoms with Gasteiger partial charge in [0.25, 0.3) is 0 Å². The molecule has 0 aromatic carbocycles. The van der Waals surface area contributed by atoms with Gasteiger partial charge in [-0.3, -0.25) is 4.79 Å². The molecular weight excluding hydrogens is 256 g/mol. The lowest BCUT2D eigenvalue weighted by atomic mass is 9.79. The van der Waals surface area contributed by atoms with Crippen LogP contribution in [0.15, 0.2) is 0 Å². The summed E-state index contributed by atoms with van der Waals surface area (Å²) >= 11 is 0. The molecule has 1 fully saturated rings. The zero-order valence-corrected chi connectivity index (χ0v) is 13.3. The van der Waals surface area contributed by atoms with Crippen molar-refractivity contribution in [2.75, 3.05) is 6.54 Å². The van der Waals surface area contributed by atoms with Gasteiger partial charge in [-0.25, -0.2) is 4.79 Å². The lowest BCUT2D eigenvalue weighted by Gasteiger charge is -2.38. The summed E-state index contributed by atoms with van der Waals surface area (Å²) in [5, 5.41) is 12.0. The minimum atomic E-state index is -0.985. The van der Waals surface area contributed by atoms with E-state index in [1.807, 2.05) is 20.8 Å². The molecule has 0 spiro atoms. The summed E-state index contributed by atoms with van der Waals surface area (Å²) in [6.07, 6.45) is 3.06. The minimum absolute atomic E-state index is 0.160. The Hall–Kier alpha value is -1.26. The predicted molar refractivity (Wildman–Crippen MR) is 78.6 cm³/mol. The Balaban J connectivity index is 2.65. The van der Waals surface area contributed by atoms with Gasteiger partial charge >= 0.3 is 12.0 Å². The maximum Gasteiger partial charge on any atom is 0.323 e. The monoisotopic (exact) mass is 284 g/mol. The van der Waals surface area contributed by atoms with E-state index in [9.17, 15) is 9.59 Å². The Labute approximate surface area is 121 Å². The molecule has 1 rings (SSSR count). The van der Waals surface area contributed by atoms with Crippen molar-refractivity contribution < 1.29 is 14.7 Å². The van der Waals surface area contributed by atoms with Crippen LogP contribution >= 0.6 is 0 Å². The van der Waals surface area contributed by atoms with Crippen LogP contribution < -0.4 is 5.32 Å². The van der Waals surface area contributed by atoms with Crippen LogP contribution in [0.3, 0.4) is 0 Å². The number of rotatable bonds is 3. The molecule has 3 atom stereocenters. The third-order valence-corrected chi connectivity index (χ3v) is 4.27. The highest BCUT2D eigenvalue weighted by molar-refractivity contribution is 5.81.